The van der Waals surface area contributed by atoms with E-state index in [0.717, 1.165) is 9.87 Å². The number of carbonyl (C=O) groups is 2. The molecule has 4 rings (SSSR count). The van der Waals surface area contributed by atoms with E-state index in [-0.39, 0.29) is 34.5 Å². The highest BCUT2D eigenvalue weighted by Crippen LogP contribution is 2.33. The fourth-order valence-corrected chi connectivity index (χ4v) is 6.74. The maximum Gasteiger partial charge on any atom is 0.264 e. The van der Waals surface area contributed by atoms with Crippen molar-refractivity contribution >= 4 is 50.7 Å². The Morgan fingerprint density at radius 2 is 1.52 bits per heavy atom. The van der Waals surface area contributed by atoms with E-state index in [9.17, 15) is 18.0 Å². The summed E-state index contributed by atoms with van der Waals surface area (Å²) in [4.78, 5) is 29.4. The number of benzene rings is 4. The molecule has 8 nitrogen and oxygen atoms in total. The van der Waals surface area contributed by atoms with Crippen molar-refractivity contribution in [3.63, 3.8) is 0 Å². The zero-order valence-electron chi connectivity index (χ0n) is 24.3. The molecule has 0 aliphatic rings. The molecule has 0 saturated heterocycles. The van der Waals surface area contributed by atoms with E-state index in [2.05, 4.69) is 5.32 Å². The number of hydrogen-bond acceptors (Lipinski definition) is 5. The van der Waals surface area contributed by atoms with Gasteiger partial charge in [0.25, 0.3) is 10.0 Å². The molecular formula is C33H33Cl2N3O5S. The van der Waals surface area contributed by atoms with Crippen LogP contribution in [-0.2, 0) is 32.6 Å². The highest BCUT2D eigenvalue weighted by Gasteiger charge is 2.35. The Kier molecular flexibility index (Phi) is 11.3. The molecule has 1 unspecified atom stereocenters. The minimum Gasteiger partial charge on any atom is -0.497 e. The van der Waals surface area contributed by atoms with Crippen molar-refractivity contribution in [3.05, 3.63) is 124 Å². The molecule has 0 heterocycles. The number of methoxy groups -OCH3 is 1. The number of nitrogens with zero attached hydrogens (tertiary/aromatic N) is 2. The molecule has 0 spiro atoms. The van der Waals surface area contributed by atoms with Gasteiger partial charge in [0.2, 0.25) is 11.8 Å². The van der Waals surface area contributed by atoms with Crippen molar-refractivity contribution in [1.82, 2.24) is 10.2 Å². The Morgan fingerprint density at radius 3 is 2.16 bits per heavy atom. The first-order chi connectivity index (χ1) is 21.1. The monoisotopic (exact) mass is 653 g/mol. The molecule has 0 aromatic heterocycles. The van der Waals surface area contributed by atoms with E-state index in [1.807, 2.05) is 36.4 Å². The molecule has 0 fully saturated rings. The predicted octanol–water partition coefficient (Wildman–Crippen LogP) is 5.97. The van der Waals surface area contributed by atoms with Crippen molar-refractivity contribution in [2.45, 2.75) is 30.8 Å². The Morgan fingerprint density at radius 1 is 0.864 bits per heavy atom. The van der Waals surface area contributed by atoms with Crippen LogP contribution >= 0.6 is 23.2 Å². The van der Waals surface area contributed by atoms with Crippen LogP contribution in [0.25, 0.3) is 0 Å². The van der Waals surface area contributed by atoms with Crippen LogP contribution in [0.4, 0.5) is 5.69 Å². The fraction of sp³-hybridized carbons (Fsp3) is 0.212. The number of halogens is 2. The van der Waals surface area contributed by atoms with Crippen molar-refractivity contribution in [2.75, 3.05) is 24.5 Å². The van der Waals surface area contributed by atoms with Crippen LogP contribution in [0.2, 0.25) is 10.0 Å². The molecule has 0 aliphatic heterocycles. The number of sulfonamides is 1. The summed E-state index contributed by atoms with van der Waals surface area (Å²) in [5.74, 6) is -0.395. The second-order valence-corrected chi connectivity index (χ2v) is 12.6. The number of anilines is 1. The zero-order valence-corrected chi connectivity index (χ0v) is 26.6. The molecule has 0 bridgehead atoms. The van der Waals surface area contributed by atoms with E-state index in [0.29, 0.717) is 22.9 Å². The lowest BCUT2D eigenvalue weighted by Crippen LogP contribution is -2.53. The summed E-state index contributed by atoms with van der Waals surface area (Å²) in [6, 6.07) is 27.7. The van der Waals surface area contributed by atoms with E-state index in [1.54, 1.807) is 43.3 Å². The maximum absolute atomic E-state index is 14.4. The summed E-state index contributed by atoms with van der Waals surface area (Å²) in [7, 11) is -2.74. The lowest BCUT2D eigenvalue weighted by atomic mass is 10.0. The summed E-state index contributed by atoms with van der Waals surface area (Å²) in [5, 5.41) is 3.20. The average molecular weight is 655 g/mol. The highest BCUT2D eigenvalue weighted by atomic mass is 35.5. The molecule has 0 aliphatic carbocycles. The van der Waals surface area contributed by atoms with E-state index in [4.69, 9.17) is 27.9 Å². The molecule has 0 radical (unpaired) electrons. The second-order valence-electron chi connectivity index (χ2n) is 9.89. The lowest BCUT2D eigenvalue weighted by molar-refractivity contribution is -0.140. The molecule has 230 valence electrons. The van der Waals surface area contributed by atoms with Crippen LogP contribution in [0.5, 0.6) is 5.75 Å². The first kappa shape index (κ1) is 32.9. The van der Waals surface area contributed by atoms with Gasteiger partial charge in [-0.15, -0.1) is 0 Å². The van der Waals surface area contributed by atoms with Crippen molar-refractivity contribution < 1.29 is 22.7 Å². The number of likely N-dealkylation sites (N-methyl/N-ethyl adjacent to an activating group) is 1. The van der Waals surface area contributed by atoms with Crippen LogP contribution < -0.4 is 14.4 Å². The molecule has 0 saturated carbocycles. The van der Waals surface area contributed by atoms with Crippen molar-refractivity contribution in [2.24, 2.45) is 0 Å². The Bertz CT molecular complexity index is 1690. The summed E-state index contributed by atoms with van der Waals surface area (Å²) in [6.07, 6.45) is 0.204. The van der Waals surface area contributed by atoms with Gasteiger partial charge < -0.3 is 15.0 Å². The SMILES string of the molecule is CCNC(=O)C(Cc1ccccc1)N(Cc1cccc(OC)c1)C(=O)CN(c1ccc(Cl)cc1Cl)S(=O)(=O)c1ccccc1. The van der Waals surface area contributed by atoms with E-state index < -0.39 is 28.5 Å². The quantitative estimate of drug-likeness (QED) is 0.192. The highest BCUT2D eigenvalue weighted by molar-refractivity contribution is 7.92. The number of nitrogens with one attached hydrogen (secondary N) is 1. The van der Waals surface area contributed by atoms with Gasteiger partial charge in [-0.1, -0.05) is 83.9 Å². The fourth-order valence-electron chi connectivity index (χ4n) is 4.73. The minimum absolute atomic E-state index is 0.0121. The number of amides is 2. The summed E-state index contributed by atoms with van der Waals surface area (Å²) in [5.41, 5.74) is 1.61. The maximum atomic E-state index is 14.4. The largest absolute Gasteiger partial charge is 0.497 e. The number of carbonyl (C=O) groups excluding carboxylic acids is 2. The standard InChI is InChI=1S/C33H33Cl2N3O5S/c1-3-36-33(40)31(20-24-11-6-4-7-12-24)37(22-25-13-10-14-27(19-25)43-2)32(39)23-38(30-18-17-26(34)21-29(30)35)44(41,42)28-15-8-5-9-16-28/h4-19,21,31H,3,20,22-23H2,1-2H3,(H,36,40). The minimum atomic E-state index is -4.28. The zero-order chi connectivity index (χ0) is 31.7. The van der Waals surface area contributed by atoms with Crippen LogP contribution in [0.15, 0.2) is 108 Å². The topological polar surface area (TPSA) is 96.0 Å². The molecule has 4 aromatic carbocycles. The Labute approximate surface area is 268 Å². The molecule has 4 aromatic rings. The van der Waals surface area contributed by atoms with Gasteiger partial charge in [0.1, 0.15) is 18.3 Å². The van der Waals surface area contributed by atoms with Crippen LogP contribution in [0, 0.1) is 0 Å². The number of ether oxygens (including phenoxy) is 1. The predicted molar refractivity (Wildman–Crippen MR) is 174 cm³/mol. The van der Waals surface area contributed by atoms with Crippen molar-refractivity contribution in [3.8, 4) is 5.75 Å². The average Bonchev–Trinajstić information content (AvgIpc) is 3.03. The molecule has 2 amide bonds. The van der Waals surface area contributed by atoms with Gasteiger partial charge in [0, 0.05) is 24.5 Å². The van der Waals surface area contributed by atoms with Gasteiger partial charge in [-0.2, -0.15) is 0 Å². The summed E-state index contributed by atoms with van der Waals surface area (Å²) in [6.45, 7) is 1.52. The third-order valence-electron chi connectivity index (χ3n) is 6.90. The van der Waals surface area contributed by atoms with Gasteiger partial charge >= 0.3 is 0 Å². The lowest BCUT2D eigenvalue weighted by Gasteiger charge is -2.34. The third-order valence-corrected chi connectivity index (χ3v) is 9.21. The molecule has 1 atom stereocenters. The van der Waals surface area contributed by atoms with E-state index in [1.165, 1.54) is 42.3 Å². The normalized spacial score (nSPS) is 11.8. The van der Waals surface area contributed by atoms with E-state index >= 15 is 0 Å². The van der Waals surface area contributed by atoms with Crippen LogP contribution in [-0.4, -0.2) is 51.4 Å². The van der Waals surface area contributed by atoms with Gasteiger partial charge in [0.05, 0.1) is 22.7 Å². The molecule has 11 heteroatoms. The summed E-state index contributed by atoms with van der Waals surface area (Å²) < 4.78 is 34.4. The first-order valence-corrected chi connectivity index (χ1v) is 16.1. The molecule has 44 heavy (non-hydrogen) atoms. The van der Waals surface area contributed by atoms with Crippen LogP contribution in [0.1, 0.15) is 18.1 Å². The first-order valence-electron chi connectivity index (χ1n) is 13.9. The third kappa shape index (κ3) is 8.11. The number of rotatable bonds is 13. The van der Waals surface area contributed by atoms with Gasteiger partial charge in [-0.25, -0.2) is 8.42 Å². The van der Waals surface area contributed by atoms with Gasteiger partial charge in [-0.3, -0.25) is 13.9 Å². The summed E-state index contributed by atoms with van der Waals surface area (Å²) >= 11 is 12.6. The Hall–Kier alpha value is -4.05. The van der Waals surface area contributed by atoms with Crippen LogP contribution in [0.3, 0.4) is 0 Å². The smallest absolute Gasteiger partial charge is 0.264 e. The van der Waals surface area contributed by atoms with Gasteiger partial charge in [-0.05, 0) is 60.5 Å². The van der Waals surface area contributed by atoms with Crippen molar-refractivity contribution in [1.29, 1.82) is 0 Å². The molecular weight excluding hydrogens is 621 g/mol. The number of hydrogen-bond donors (Lipinski definition) is 1. The Balaban J connectivity index is 1.82. The molecule has 1 N–H and O–H groups in total. The second kappa shape index (κ2) is 15.1. The van der Waals surface area contributed by atoms with Gasteiger partial charge in [0.15, 0.2) is 0 Å².